The van der Waals surface area contributed by atoms with Gasteiger partial charge in [0.15, 0.2) is 6.10 Å². The molecule has 0 radical (unpaired) electrons. The molecular formula is C22H24N2O4S. The van der Waals surface area contributed by atoms with Crippen LogP contribution in [0.15, 0.2) is 53.4 Å². The van der Waals surface area contributed by atoms with Gasteiger partial charge in [-0.05, 0) is 50.5 Å². The van der Waals surface area contributed by atoms with Gasteiger partial charge in [-0.25, -0.2) is 4.79 Å². The van der Waals surface area contributed by atoms with Gasteiger partial charge < -0.3 is 15.4 Å². The first kappa shape index (κ1) is 20.9. The average molecular weight is 413 g/mol. The molecule has 2 atom stereocenters. The van der Waals surface area contributed by atoms with E-state index in [1.165, 1.54) is 17.3 Å². The molecule has 2 amide bonds. The molecule has 0 saturated heterocycles. The Morgan fingerprint density at radius 3 is 2.69 bits per heavy atom. The lowest BCUT2D eigenvalue weighted by atomic mass is 10.1. The molecule has 0 bridgehead atoms. The fourth-order valence-corrected chi connectivity index (χ4v) is 3.74. The van der Waals surface area contributed by atoms with E-state index in [1.807, 2.05) is 25.1 Å². The van der Waals surface area contributed by atoms with Gasteiger partial charge in [0.25, 0.3) is 5.91 Å². The maximum absolute atomic E-state index is 12.4. The third-order valence-corrected chi connectivity index (χ3v) is 5.67. The van der Waals surface area contributed by atoms with Crippen LogP contribution in [0.1, 0.15) is 36.2 Å². The SMILES string of the molecule is C[C@H](CCc1ccccc1)NC(=O)[C@@H](C)OC(=O)c1ccc2c(c1)NC(=O)CS2. The first-order chi connectivity index (χ1) is 13.9. The monoisotopic (exact) mass is 412 g/mol. The summed E-state index contributed by atoms with van der Waals surface area (Å²) < 4.78 is 5.31. The molecule has 1 heterocycles. The summed E-state index contributed by atoms with van der Waals surface area (Å²) in [6.45, 7) is 3.48. The molecule has 6 nitrogen and oxygen atoms in total. The topological polar surface area (TPSA) is 84.5 Å². The summed E-state index contributed by atoms with van der Waals surface area (Å²) >= 11 is 1.42. The highest BCUT2D eigenvalue weighted by Crippen LogP contribution is 2.32. The minimum Gasteiger partial charge on any atom is -0.449 e. The third-order valence-electron chi connectivity index (χ3n) is 4.60. The highest BCUT2D eigenvalue weighted by molar-refractivity contribution is 8.00. The predicted molar refractivity (Wildman–Crippen MR) is 113 cm³/mol. The van der Waals surface area contributed by atoms with Crippen LogP contribution in [-0.4, -0.2) is 35.7 Å². The molecule has 1 aliphatic rings. The first-order valence-electron chi connectivity index (χ1n) is 9.54. The van der Waals surface area contributed by atoms with Crippen molar-refractivity contribution >= 4 is 35.2 Å². The summed E-state index contributed by atoms with van der Waals surface area (Å²) in [5.74, 6) is -0.681. The summed E-state index contributed by atoms with van der Waals surface area (Å²) in [5, 5.41) is 5.62. The standard InChI is InChI=1S/C22H24N2O4S/c1-14(8-9-16-6-4-3-5-7-16)23-21(26)15(2)28-22(27)17-10-11-19-18(12-17)24-20(25)13-29-19/h3-7,10-12,14-15H,8-9,13H2,1-2H3,(H,23,26)(H,24,25)/t14-,15-/m1/s1. The van der Waals surface area contributed by atoms with Crippen LogP contribution in [0.3, 0.4) is 0 Å². The Morgan fingerprint density at radius 1 is 1.17 bits per heavy atom. The first-order valence-corrected chi connectivity index (χ1v) is 10.5. The summed E-state index contributed by atoms with van der Waals surface area (Å²) in [4.78, 5) is 37.2. The van der Waals surface area contributed by atoms with Crippen molar-refractivity contribution in [1.82, 2.24) is 5.32 Å². The van der Waals surface area contributed by atoms with E-state index >= 15 is 0 Å². The van der Waals surface area contributed by atoms with Gasteiger partial charge in [0.05, 0.1) is 17.0 Å². The zero-order chi connectivity index (χ0) is 20.8. The molecular weight excluding hydrogens is 388 g/mol. The van der Waals surface area contributed by atoms with Crippen LogP contribution in [0.25, 0.3) is 0 Å². The highest BCUT2D eigenvalue weighted by atomic mass is 32.2. The molecule has 7 heteroatoms. The minimum atomic E-state index is -0.915. The Bertz CT molecular complexity index is 901. The number of nitrogens with one attached hydrogen (secondary N) is 2. The molecule has 3 rings (SSSR count). The number of benzene rings is 2. The van der Waals surface area contributed by atoms with Crippen LogP contribution < -0.4 is 10.6 Å². The van der Waals surface area contributed by atoms with Gasteiger partial charge in [0, 0.05) is 10.9 Å². The van der Waals surface area contributed by atoms with Gasteiger partial charge in [0.2, 0.25) is 5.91 Å². The molecule has 0 saturated carbocycles. The van der Waals surface area contributed by atoms with E-state index in [9.17, 15) is 14.4 Å². The molecule has 2 aromatic carbocycles. The van der Waals surface area contributed by atoms with Crippen molar-refractivity contribution < 1.29 is 19.1 Å². The van der Waals surface area contributed by atoms with E-state index in [4.69, 9.17) is 4.74 Å². The van der Waals surface area contributed by atoms with Crippen molar-refractivity contribution in [3.63, 3.8) is 0 Å². The van der Waals surface area contributed by atoms with E-state index in [0.717, 1.165) is 17.7 Å². The van der Waals surface area contributed by atoms with E-state index < -0.39 is 12.1 Å². The quantitative estimate of drug-likeness (QED) is 0.681. The Hall–Kier alpha value is -2.80. The smallest absolute Gasteiger partial charge is 0.338 e. The van der Waals surface area contributed by atoms with Crippen molar-refractivity contribution in [2.24, 2.45) is 0 Å². The Kier molecular flexibility index (Phi) is 6.93. The van der Waals surface area contributed by atoms with Gasteiger partial charge in [-0.1, -0.05) is 30.3 Å². The lowest BCUT2D eigenvalue weighted by Gasteiger charge is -2.19. The molecule has 0 fully saturated rings. The lowest BCUT2D eigenvalue weighted by molar-refractivity contribution is -0.129. The number of anilines is 1. The Morgan fingerprint density at radius 2 is 1.93 bits per heavy atom. The second-order valence-corrected chi connectivity index (χ2v) is 8.05. The van der Waals surface area contributed by atoms with Crippen LogP contribution in [0, 0.1) is 0 Å². The Labute approximate surface area is 174 Å². The zero-order valence-corrected chi connectivity index (χ0v) is 17.3. The average Bonchev–Trinajstić information content (AvgIpc) is 2.72. The minimum absolute atomic E-state index is 0.0418. The van der Waals surface area contributed by atoms with Gasteiger partial charge in [-0.15, -0.1) is 11.8 Å². The van der Waals surface area contributed by atoms with Crippen LogP contribution in [-0.2, 0) is 20.7 Å². The van der Waals surface area contributed by atoms with Gasteiger partial charge in [-0.2, -0.15) is 0 Å². The number of ether oxygens (including phenoxy) is 1. The fourth-order valence-electron chi connectivity index (χ4n) is 2.95. The number of rotatable bonds is 7. The number of aryl methyl sites for hydroxylation is 1. The number of thioether (sulfide) groups is 1. The van der Waals surface area contributed by atoms with E-state index in [0.29, 0.717) is 17.0 Å². The van der Waals surface area contributed by atoms with Crippen LogP contribution in [0.4, 0.5) is 5.69 Å². The van der Waals surface area contributed by atoms with Gasteiger partial charge in [0.1, 0.15) is 0 Å². The number of amides is 2. The molecule has 1 aliphatic heterocycles. The lowest BCUT2D eigenvalue weighted by Crippen LogP contribution is -2.41. The molecule has 29 heavy (non-hydrogen) atoms. The summed E-state index contributed by atoms with van der Waals surface area (Å²) in [7, 11) is 0. The van der Waals surface area contributed by atoms with Crippen molar-refractivity contribution in [1.29, 1.82) is 0 Å². The van der Waals surface area contributed by atoms with Gasteiger partial charge in [-0.3, -0.25) is 9.59 Å². The number of carbonyl (C=O) groups is 3. The molecule has 0 spiro atoms. The maximum atomic E-state index is 12.4. The second-order valence-electron chi connectivity index (χ2n) is 7.03. The molecule has 2 N–H and O–H groups in total. The predicted octanol–water partition coefficient (Wildman–Crippen LogP) is 3.41. The fraction of sp³-hybridized carbons (Fsp3) is 0.318. The Balaban J connectivity index is 1.50. The third kappa shape index (κ3) is 5.84. The molecule has 152 valence electrons. The van der Waals surface area contributed by atoms with E-state index in [1.54, 1.807) is 25.1 Å². The second kappa shape index (κ2) is 9.60. The van der Waals surface area contributed by atoms with Crippen molar-refractivity contribution in [3.05, 3.63) is 59.7 Å². The molecule has 0 aromatic heterocycles. The number of esters is 1. The number of fused-ring (bicyclic) bond motifs is 1. The van der Waals surface area contributed by atoms with Crippen molar-refractivity contribution in [2.75, 3.05) is 11.1 Å². The summed E-state index contributed by atoms with van der Waals surface area (Å²) in [6, 6.07) is 15.0. The normalized spacial score (nSPS) is 14.9. The molecule has 0 unspecified atom stereocenters. The van der Waals surface area contributed by atoms with Crippen molar-refractivity contribution in [3.8, 4) is 0 Å². The largest absolute Gasteiger partial charge is 0.449 e. The summed E-state index contributed by atoms with van der Waals surface area (Å²) in [6.07, 6.45) is 0.732. The number of hydrogen-bond acceptors (Lipinski definition) is 5. The van der Waals surface area contributed by atoms with E-state index in [2.05, 4.69) is 22.8 Å². The maximum Gasteiger partial charge on any atom is 0.338 e. The zero-order valence-electron chi connectivity index (χ0n) is 16.4. The molecule has 2 aromatic rings. The van der Waals surface area contributed by atoms with Crippen LogP contribution in [0.2, 0.25) is 0 Å². The van der Waals surface area contributed by atoms with Crippen LogP contribution in [0.5, 0.6) is 0 Å². The number of hydrogen-bond donors (Lipinski definition) is 2. The van der Waals surface area contributed by atoms with E-state index in [-0.39, 0.29) is 17.9 Å². The summed E-state index contributed by atoms with van der Waals surface area (Å²) in [5.41, 5.74) is 2.10. The highest BCUT2D eigenvalue weighted by Gasteiger charge is 2.22. The van der Waals surface area contributed by atoms with Gasteiger partial charge >= 0.3 is 5.97 Å². The number of carbonyl (C=O) groups excluding carboxylic acids is 3. The van der Waals surface area contributed by atoms with Crippen molar-refractivity contribution in [2.45, 2.75) is 43.7 Å². The molecule has 0 aliphatic carbocycles. The van der Waals surface area contributed by atoms with Crippen LogP contribution >= 0.6 is 11.8 Å².